The van der Waals surface area contributed by atoms with Gasteiger partial charge in [-0.3, -0.25) is 14.9 Å². The van der Waals surface area contributed by atoms with E-state index in [0.29, 0.717) is 24.4 Å². The summed E-state index contributed by atoms with van der Waals surface area (Å²) in [6.45, 7) is 2.04. The van der Waals surface area contributed by atoms with Crippen molar-refractivity contribution in [2.45, 2.75) is 19.8 Å². The molecular formula is C16H17N3O4. The van der Waals surface area contributed by atoms with Gasteiger partial charge in [0.15, 0.2) is 0 Å². The van der Waals surface area contributed by atoms with Crippen molar-refractivity contribution in [2.24, 2.45) is 0 Å². The Morgan fingerprint density at radius 1 is 1.35 bits per heavy atom. The lowest BCUT2D eigenvalue weighted by Crippen LogP contribution is -2.14. The van der Waals surface area contributed by atoms with Gasteiger partial charge in [0.25, 0.3) is 5.69 Å². The Kier molecular flexibility index (Phi) is 5.62. The predicted molar refractivity (Wildman–Crippen MR) is 85.4 cm³/mol. The Balaban J connectivity index is 1.76. The van der Waals surface area contributed by atoms with Crippen LogP contribution in [-0.4, -0.2) is 22.4 Å². The van der Waals surface area contributed by atoms with Gasteiger partial charge in [-0.05, 0) is 31.5 Å². The molecule has 0 radical (unpaired) electrons. The Bertz CT molecular complexity index is 689. The molecule has 1 aromatic heterocycles. The molecule has 0 saturated heterocycles. The highest BCUT2D eigenvalue weighted by molar-refractivity contribution is 5.89. The van der Waals surface area contributed by atoms with E-state index in [4.69, 9.17) is 4.74 Å². The van der Waals surface area contributed by atoms with Crippen LogP contribution in [0, 0.1) is 17.0 Å². The minimum atomic E-state index is -0.505. The first-order valence-electron chi connectivity index (χ1n) is 7.15. The molecule has 1 aromatic carbocycles. The molecule has 0 aliphatic heterocycles. The SMILES string of the molecule is Cc1cc(NC(=O)CCCOc2ccccc2)ncc1[N+](=O)[O-]. The minimum absolute atomic E-state index is 0.0701. The van der Waals surface area contributed by atoms with Crippen LogP contribution in [0.4, 0.5) is 11.5 Å². The van der Waals surface area contributed by atoms with Crippen molar-refractivity contribution in [1.82, 2.24) is 4.98 Å². The molecule has 0 saturated carbocycles. The molecule has 0 fully saturated rings. The zero-order chi connectivity index (χ0) is 16.7. The number of hydrogen-bond acceptors (Lipinski definition) is 5. The number of carbonyl (C=O) groups is 1. The number of ether oxygens (including phenoxy) is 1. The highest BCUT2D eigenvalue weighted by Crippen LogP contribution is 2.19. The van der Waals surface area contributed by atoms with E-state index in [1.807, 2.05) is 30.3 Å². The van der Waals surface area contributed by atoms with Gasteiger partial charge in [-0.1, -0.05) is 18.2 Å². The van der Waals surface area contributed by atoms with Crippen LogP contribution in [0.25, 0.3) is 0 Å². The molecule has 1 amide bonds. The molecule has 0 aliphatic rings. The molecule has 0 unspecified atom stereocenters. The van der Waals surface area contributed by atoms with Gasteiger partial charge in [-0.15, -0.1) is 0 Å². The number of nitrogens with one attached hydrogen (secondary N) is 1. The molecule has 0 aliphatic carbocycles. The molecule has 120 valence electrons. The number of rotatable bonds is 7. The number of aromatic nitrogens is 1. The van der Waals surface area contributed by atoms with E-state index in [9.17, 15) is 14.9 Å². The van der Waals surface area contributed by atoms with Crippen molar-refractivity contribution in [2.75, 3.05) is 11.9 Å². The Hall–Kier alpha value is -2.96. The fourth-order valence-electron chi connectivity index (χ4n) is 1.95. The summed E-state index contributed by atoms with van der Waals surface area (Å²) in [6.07, 6.45) is 1.99. The van der Waals surface area contributed by atoms with Crippen LogP contribution in [0.3, 0.4) is 0 Å². The fourth-order valence-corrected chi connectivity index (χ4v) is 1.95. The summed E-state index contributed by atoms with van der Waals surface area (Å²) >= 11 is 0. The average molecular weight is 315 g/mol. The number of benzene rings is 1. The van der Waals surface area contributed by atoms with Gasteiger partial charge < -0.3 is 10.1 Å². The summed E-state index contributed by atoms with van der Waals surface area (Å²) in [5.41, 5.74) is 0.381. The van der Waals surface area contributed by atoms with E-state index >= 15 is 0 Å². The van der Waals surface area contributed by atoms with E-state index in [-0.39, 0.29) is 18.0 Å². The summed E-state index contributed by atoms with van der Waals surface area (Å²) in [5.74, 6) is 0.866. The first kappa shape index (κ1) is 16.4. The molecule has 7 nitrogen and oxygen atoms in total. The molecule has 1 N–H and O–H groups in total. The van der Waals surface area contributed by atoms with Gasteiger partial charge in [-0.25, -0.2) is 4.98 Å². The van der Waals surface area contributed by atoms with E-state index < -0.39 is 4.92 Å². The van der Waals surface area contributed by atoms with Gasteiger partial charge in [0.05, 0.1) is 11.5 Å². The monoisotopic (exact) mass is 315 g/mol. The molecular weight excluding hydrogens is 298 g/mol. The Morgan fingerprint density at radius 2 is 2.09 bits per heavy atom. The van der Waals surface area contributed by atoms with Crippen molar-refractivity contribution >= 4 is 17.4 Å². The fraction of sp³-hybridized carbons (Fsp3) is 0.250. The third-order valence-electron chi connectivity index (χ3n) is 3.11. The van der Waals surface area contributed by atoms with Crippen molar-refractivity contribution in [3.8, 4) is 5.75 Å². The molecule has 2 rings (SSSR count). The van der Waals surface area contributed by atoms with Crippen molar-refractivity contribution in [3.63, 3.8) is 0 Å². The van der Waals surface area contributed by atoms with E-state index in [2.05, 4.69) is 10.3 Å². The lowest BCUT2D eigenvalue weighted by atomic mass is 10.2. The maximum absolute atomic E-state index is 11.8. The summed E-state index contributed by atoms with van der Waals surface area (Å²) in [7, 11) is 0. The highest BCUT2D eigenvalue weighted by atomic mass is 16.6. The second-order valence-electron chi connectivity index (χ2n) is 4.93. The quantitative estimate of drug-likeness (QED) is 0.481. The summed E-state index contributed by atoms with van der Waals surface area (Å²) in [4.78, 5) is 25.9. The lowest BCUT2D eigenvalue weighted by Gasteiger charge is -2.07. The number of nitro groups is 1. The third-order valence-corrected chi connectivity index (χ3v) is 3.11. The van der Waals surface area contributed by atoms with Crippen LogP contribution < -0.4 is 10.1 Å². The van der Waals surface area contributed by atoms with Gasteiger partial charge >= 0.3 is 0 Å². The van der Waals surface area contributed by atoms with Crippen molar-refractivity contribution in [3.05, 3.63) is 58.3 Å². The first-order chi connectivity index (χ1) is 11.1. The number of pyridine rings is 1. The first-order valence-corrected chi connectivity index (χ1v) is 7.15. The molecule has 1 heterocycles. The maximum atomic E-state index is 11.8. The number of amides is 1. The molecule has 2 aromatic rings. The summed E-state index contributed by atoms with van der Waals surface area (Å²) < 4.78 is 5.50. The largest absolute Gasteiger partial charge is 0.494 e. The normalized spacial score (nSPS) is 10.1. The van der Waals surface area contributed by atoms with E-state index in [1.54, 1.807) is 6.92 Å². The molecule has 0 atom stereocenters. The standard InChI is InChI=1S/C16H17N3O4/c1-12-10-15(17-11-14(12)19(21)22)18-16(20)8-5-9-23-13-6-3-2-4-7-13/h2-4,6-7,10-11H,5,8-9H2,1H3,(H,17,18,20). The third kappa shape index (κ3) is 5.06. The molecule has 23 heavy (non-hydrogen) atoms. The lowest BCUT2D eigenvalue weighted by molar-refractivity contribution is -0.385. The van der Waals surface area contributed by atoms with Crippen LogP contribution in [0.1, 0.15) is 18.4 Å². The number of para-hydroxylation sites is 1. The number of aryl methyl sites for hydroxylation is 1. The molecule has 0 spiro atoms. The number of anilines is 1. The summed E-state index contributed by atoms with van der Waals surface area (Å²) in [5, 5.41) is 13.3. The second-order valence-corrected chi connectivity index (χ2v) is 4.93. The predicted octanol–water partition coefficient (Wildman–Crippen LogP) is 3.10. The van der Waals surface area contributed by atoms with Crippen LogP contribution in [0.15, 0.2) is 42.6 Å². The van der Waals surface area contributed by atoms with E-state index in [1.165, 1.54) is 6.07 Å². The number of carbonyl (C=O) groups excluding carboxylic acids is 1. The maximum Gasteiger partial charge on any atom is 0.290 e. The van der Waals surface area contributed by atoms with Crippen LogP contribution >= 0.6 is 0 Å². The Labute approximate surface area is 133 Å². The smallest absolute Gasteiger partial charge is 0.290 e. The molecule has 0 bridgehead atoms. The molecule has 7 heteroatoms. The number of nitrogens with zero attached hydrogens (tertiary/aromatic N) is 2. The van der Waals surface area contributed by atoms with Gasteiger partial charge in [0, 0.05) is 12.0 Å². The van der Waals surface area contributed by atoms with E-state index in [0.717, 1.165) is 11.9 Å². The van der Waals surface area contributed by atoms with Crippen molar-refractivity contribution in [1.29, 1.82) is 0 Å². The topological polar surface area (TPSA) is 94.4 Å². The van der Waals surface area contributed by atoms with Crippen LogP contribution in [0.2, 0.25) is 0 Å². The minimum Gasteiger partial charge on any atom is -0.494 e. The van der Waals surface area contributed by atoms with Gasteiger partial charge in [-0.2, -0.15) is 0 Å². The second kappa shape index (κ2) is 7.88. The van der Waals surface area contributed by atoms with Gasteiger partial charge in [0.2, 0.25) is 5.91 Å². The number of hydrogen-bond donors (Lipinski definition) is 1. The zero-order valence-electron chi connectivity index (χ0n) is 12.7. The Morgan fingerprint density at radius 3 is 2.74 bits per heavy atom. The average Bonchev–Trinajstić information content (AvgIpc) is 2.52. The van der Waals surface area contributed by atoms with Gasteiger partial charge in [0.1, 0.15) is 17.8 Å². The highest BCUT2D eigenvalue weighted by Gasteiger charge is 2.12. The van der Waals surface area contributed by atoms with Crippen molar-refractivity contribution < 1.29 is 14.5 Å². The van der Waals surface area contributed by atoms with Crippen LogP contribution in [0.5, 0.6) is 5.75 Å². The van der Waals surface area contributed by atoms with Crippen LogP contribution in [-0.2, 0) is 4.79 Å². The zero-order valence-corrected chi connectivity index (χ0v) is 12.7. The summed E-state index contributed by atoms with van der Waals surface area (Å²) in [6, 6.07) is 10.8.